The molecule has 1 aliphatic heterocycles. The third-order valence-electron chi connectivity index (χ3n) is 7.56. The van der Waals surface area contributed by atoms with Crippen LogP contribution >= 0.6 is 0 Å². The SMILES string of the molecule is CC(c1nc2ccccc2c(=O)n1-c1ccc(F)cc1)N(C)C(=O)Nc1ccc(N2CCN(C)CC2)c(C(F)(F)F)c1. The maximum Gasteiger partial charge on any atom is 0.418 e. The number of rotatable bonds is 5. The molecule has 2 amide bonds. The van der Waals surface area contributed by atoms with E-state index in [2.05, 4.69) is 15.2 Å². The van der Waals surface area contributed by atoms with Crippen molar-refractivity contribution >= 4 is 28.3 Å². The number of hydrogen-bond acceptors (Lipinski definition) is 5. The molecule has 0 spiro atoms. The Balaban J connectivity index is 1.46. The summed E-state index contributed by atoms with van der Waals surface area (Å²) >= 11 is 0. The van der Waals surface area contributed by atoms with Crippen molar-refractivity contribution in [1.29, 1.82) is 0 Å². The number of halogens is 4. The number of aromatic nitrogens is 2. The lowest BCUT2D eigenvalue weighted by molar-refractivity contribution is -0.137. The van der Waals surface area contributed by atoms with Crippen LogP contribution in [0.1, 0.15) is 24.4 Å². The van der Waals surface area contributed by atoms with Gasteiger partial charge in [0.05, 0.1) is 28.2 Å². The summed E-state index contributed by atoms with van der Waals surface area (Å²) in [6.45, 7) is 3.85. The van der Waals surface area contributed by atoms with Crippen LogP contribution in [-0.4, -0.2) is 65.7 Å². The fourth-order valence-corrected chi connectivity index (χ4v) is 4.99. The van der Waals surface area contributed by atoms with Crippen molar-refractivity contribution in [3.63, 3.8) is 0 Å². The second kappa shape index (κ2) is 11.4. The second-order valence-corrected chi connectivity index (χ2v) is 10.3. The van der Waals surface area contributed by atoms with Gasteiger partial charge in [-0.25, -0.2) is 14.2 Å². The number of nitrogens with zero attached hydrogens (tertiary/aromatic N) is 5. The number of nitrogens with one attached hydrogen (secondary N) is 1. The number of hydrogen-bond donors (Lipinski definition) is 1. The minimum absolute atomic E-state index is 0.0216. The first kappa shape index (κ1) is 29.1. The first-order valence-electron chi connectivity index (χ1n) is 13.4. The highest BCUT2D eigenvalue weighted by Crippen LogP contribution is 2.39. The van der Waals surface area contributed by atoms with Crippen molar-refractivity contribution in [2.45, 2.75) is 19.1 Å². The number of para-hydroxylation sites is 1. The zero-order valence-corrected chi connectivity index (χ0v) is 23.3. The van der Waals surface area contributed by atoms with Crippen molar-refractivity contribution in [2.24, 2.45) is 0 Å². The molecule has 220 valence electrons. The Morgan fingerprint density at radius 2 is 1.67 bits per heavy atom. The van der Waals surface area contributed by atoms with Crippen LogP contribution in [0.2, 0.25) is 0 Å². The molecule has 42 heavy (non-hydrogen) atoms. The highest BCUT2D eigenvalue weighted by molar-refractivity contribution is 5.90. The molecule has 1 fully saturated rings. The molecule has 12 heteroatoms. The number of benzene rings is 3. The molecular formula is C30H30F4N6O2. The van der Waals surface area contributed by atoms with Gasteiger partial charge in [0, 0.05) is 44.6 Å². The first-order valence-corrected chi connectivity index (χ1v) is 13.4. The van der Waals surface area contributed by atoms with E-state index in [1.54, 1.807) is 36.1 Å². The van der Waals surface area contributed by atoms with E-state index >= 15 is 0 Å². The average Bonchev–Trinajstić information content (AvgIpc) is 2.97. The summed E-state index contributed by atoms with van der Waals surface area (Å²) in [5.74, 6) is -0.284. The maximum atomic E-state index is 14.1. The van der Waals surface area contributed by atoms with Gasteiger partial charge in [0.2, 0.25) is 0 Å². The number of alkyl halides is 3. The molecule has 0 saturated carbocycles. The van der Waals surface area contributed by atoms with Crippen LogP contribution in [-0.2, 0) is 6.18 Å². The number of urea groups is 1. The van der Waals surface area contributed by atoms with Gasteiger partial charge in [-0.2, -0.15) is 13.2 Å². The van der Waals surface area contributed by atoms with Crippen molar-refractivity contribution in [3.05, 3.63) is 94.3 Å². The van der Waals surface area contributed by atoms with Crippen LogP contribution in [0.5, 0.6) is 0 Å². The Hall–Kier alpha value is -4.45. The summed E-state index contributed by atoms with van der Waals surface area (Å²) in [5.41, 5.74) is -0.430. The topological polar surface area (TPSA) is 73.7 Å². The van der Waals surface area contributed by atoms with Crippen LogP contribution in [0.25, 0.3) is 16.6 Å². The van der Waals surface area contributed by atoms with E-state index in [0.29, 0.717) is 42.8 Å². The molecule has 0 bridgehead atoms. The fraction of sp³-hybridized carbons (Fsp3) is 0.300. The summed E-state index contributed by atoms with van der Waals surface area (Å²) in [5, 5.41) is 2.89. The molecule has 1 aromatic heterocycles. The van der Waals surface area contributed by atoms with Gasteiger partial charge >= 0.3 is 12.2 Å². The predicted octanol–water partition coefficient (Wildman–Crippen LogP) is 5.52. The van der Waals surface area contributed by atoms with E-state index in [-0.39, 0.29) is 17.2 Å². The van der Waals surface area contributed by atoms with Crippen molar-refractivity contribution < 1.29 is 22.4 Å². The number of carbonyl (C=O) groups excluding carboxylic acids is 1. The number of carbonyl (C=O) groups is 1. The van der Waals surface area contributed by atoms with E-state index in [9.17, 15) is 27.2 Å². The molecule has 1 aliphatic rings. The zero-order chi connectivity index (χ0) is 30.2. The van der Waals surface area contributed by atoms with Crippen molar-refractivity contribution in [3.8, 4) is 5.69 Å². The molecule has 0 aliphatic carbocycles. The second-order valence-electron chi connectivity index (χ2n) is 10.3. The smallest absolute Gasteiger partial charge is 0.368 e. The van der Waals surface area contributed by atoms with Gasteiger partial charge in [-0.3, -0.25) is 9.36 Å². The van der Waals surface area contributed by atoms with E-state index in [1.165, 1.54) is 52.9 Å². The molecule has 5 rings (SSSR count). The molecule has 3 aromatic carbocycles. The van der Waals surface area contributed by atoms with Gasteiger partial charge in [-0.1, -0.05) is 12.1 Å². The average molecular weight is 583 g/mol. The number of piperazine rings is 1. The monoisotopic (exact) mass is 582 g/mol. The largest absolute Gasteiger partial charge is 0.418 e. The highest BCUT2D eigenvalue weighted by atomic mass is 19.4. The minimum Gasteiger partial charge on any atom is -0.368 e. The van der Waals surface area contributed by atoms with Gasteiger partial charge in [0.1, 0.15) is 11.6 Å². The van der Waals surface area contributed by atoms with Crippen molar-refractivity contribution in [1.82, 2.24) is 19.4 Å². The van der Waals surface area contributed by atoms with E-state index in [0.717, 1.165) is 6.07 Å². The van der Waals surface area contributed by atoms with Crippen molar-refractivity contribution in [2.75, 3.05) is 50.5 Å². The van der Waals surface area contributed by atoms with Crippen LogP contribution in [0.3, 0.4) is 0 Å². The lowest BCUT2D eigenvalue weighted by atomic mass is 10.1. The maximum absolute atomic E-state index is 14.1. The Labute approximate surface area is 239 Å². The molecule has 1 saturated heterocycles. The molecule has 1 N–H and O–H groups in total. The Kier molecular flexibility index (Phi) is 7.91. The van der Waals surface area contributed by atoms with Crippen LogP contribution in [0.15, 0.2) is 71.5 Å². The molecule has 1 unspecified atom stereocenters. The molecule has 4 aromatic rings. The summed E-state index contributed by atoms with van der Waals surface area (Å²) in [6.07, 6.45) is -4.63. The third kappa shape index (κ3) is 5.80. The summed E-state index contributed by atoms with van der Waals surface area (Å²) < 4.78 is 57.2. The van der Waals surface area contributed by atoms with Crippen LogP contribution in [0.4, 0.5) is 33.7 Å². The van der Waals surface area contributed by atoms with Gasteiger partial charge < -0.3 is 20.0 Å². The first-order chi connectivity index (χ1) is 19.9. The van der Waals surface area contributed by atoms with Gasteiger partial charge in [-0.05, 0) is 68.6 Å². The van der Waals surface area contributed by atoms with Crippen LogP contribution in [0, 0.1) is 5.82 Å². The zero-order valence-electron chi connectivity index (χ0n) is 23.3. The Morgan fingerprint density at radius 1 is 1.00 bits per heavy atom. The number of anilines is 2. The Morgan fingerprint density at radius 3 is 2.33 bits per heavy atom. The molecule has 0 radical (unpaired) electrons. The molecule has 1 atom stereocenters. The van der Waals surface area contributed by atoms with E-state index < -0.39 is 35.2 Å². The highest BCUT2D eigenvalue weighted by Gasteiger charge is 2.36. The normalized spacial score (nSPS) is 15.1. The lowest BCUT2D eigenvalue weighted by Crippen LogP contribution is -2.45. The minimum atomic E-state index is -4.63. The fourth-order valence-electron chi connectivity index (χ4n) is 4.99. The van der Waals surface area contributed by atoms with Gasteiger partial charge in [0.15, 0.2) is 0 Å². The summed E-state index contributed by atoms with van der Waals surface area (Å²) in [4.78, 5) is 36.5. The van der Waals surface area contributed by atoms with Gasteiger partial charge in [0.25, 0.3) is 5.56 Å². The third-order valence-corrected chi connectivity index (χ3v) is 7.56. The number of likely N-dealkylation sites (N-methyl/N-ethyl adjacent to an activating group) is 1. The van der Waals surface area contributed by atoms with E-state index in [4.69, 9.17) is 0 Å². The number of amides is 2. The molecule has 8 nitrogen and oxygen atoms in total. The summed E-state index contributed by atoms with van der Waals surface area (Å²) in [7, 11) is 3.38. The lowest BCUT2D eigenvalue weighted by Gasteiger charge is -2.35. The Bertz CT molecular complexity index is 1660. The molecular weight excluding hydrogens is 552 g/mol. The quantitative estimate of drug-likeness (QED) is 0.314. The standard InChI is InChI=1S/C30H30F4N6O2/c1-19(27-36-25-7-5-4-6-23(25)28(41)40(27)22-11-8-20(31)9-12-22)38(3)29(42)35-21-10-13-26(24(18-21)30(32,33)34)39-16-14-37(2)15-17-39/h4-13,18-19H,14-17H2,1-3H3,(H,35,42). The van der Waals surface area contributed by atoms with Gasteiger partial charge in [-0.15, -0.1) is 0 Å². The summed E-state index contributed by atoms with van der Waals surface area (Å²) in [6, 6.07) is 14.3. The van der Waals surface area contributed by atoms with E-state index in [1.807, 2.05) is 7.05 Å². The molecule has 2 heterocycles. The number of fused-ring (bicyclic) bond motifs is 1. The van der Waals surface area contributed by atoms with Crippen LogP contribution < -0.4 is 15.8 Å². The predicted molar refractivity (Wildman–Crippen MR) is 154 cm³/mol.